The number of nitrogens with zero attached hydrogens (tertiary/aromatic N) is 2. The number of nitrogens with one attached hydrogen (secondary N) is 1. The van der Waals surface area contributed by atoms with Crippen molar-refractivity contribution in [2.24, 2.45) is 0 Å². The summed E-state index contributed by atoms with van der Waals surface area (Å²) in [5.74, 6) is 0.820. The number of carbonyl (C=O) groups excluding carboxylic acids is 1. The minimum absolute atomic E-state index is 0.0193. The lowest BCUT2D eigenvalue weighted by Crippen LogP contribution is -2.34. The second-order valence-electron chi connectivity index (χ2n) is 6.94. The minimum Gasteiger partial charge on any atom is -0.492 e. The van der Waals surface area contributed by atoms with Crippen LogP contribution in [0, 0.1) is 0 Å². The lowest BCUT2D eigenvalue weighted by molar-refractivity contribution is 0.0940. The number of carbonyl (C=O) groups is 1. The van der Waals surface area contributed by atoms with Crippen LogP contribution in [0.1, 0.15) is 23.3 Å². The number of aromatic nitrogens is 1. The number of likely N-dealkylation sites (tertiary alicyclic amines) is 1. The number of benzene rings is 1. The number of thiophene rings is 1. The number of ether oxygens (including phenoxy) is 1. The summed E-state index contributed by atoms with van der Waals surface area (Å²) in [5.41, 5.74) is 1.76. The van der Waals surface area contributed by atoms with Crippen LogP contribution < -0.4 is 10.1 Å². The monoisotopic (exact) mass is 461 g/mol. The Hall–Kier alpha value is -1.83. The quantitative estimate of drug-likeness (QED) is 0.541. The van der Waals surface area contributed by atoms with Gasteiger partial charge in [-0.05, 0) is 60.1 Å². The maximum atomic E-state index is 12.8. The average molecular weight is 462 g/mol. The highest BCUT2D eigenvalue weighted by atomic mass is 79.9. The SMILES string of the molecule is O=C(NCCN1CCCC1)c1cc2scc(Br)c2n1CCOc1ccccc1. The Balaban J connectivity index is 1.44. The summed E-state index contributed by atoms with van der Waals surface area (Å²) < 4.78 is 10.0. The van der Waals surface area contributed by atoms with Crippen molar-refractivity contribution in [3.63, 3.8) is 0 Å². The van der Waals surface area contributed by atoms with Crippen molar-refractivity contribution < 1.29 is 9.53 Å². The Labute approximate surface area is 177 Å². The normalized spacial score (nSPS) is 14.6. The molecule has 5 nitrogen and oxygen atoms in total. The first-order valence-corrected chi connectivity index (χ1v) is 11.3. The smallest absolute Gasteiger partial charge is 0.268 e. The third-order valence-corrected chi connectivity index (χ3v) is 6.88. The van der Waals surface area contributed by atoms with Crippen molar-refractivity contribution in [3.05, 3.63) is 51.9 Å². The number of halogens is 1. The van der Waals surface area contributed by atoms with E-state index in [4.69, 9.17) is 4.74 Å². The van der Waals surface area contributed by atoms with Gasteiger partial charge < -0.3 is 19.5 Å². The van der Waals surface area contributed by atoms with Gasteiger partial charge in [-0.15, -0.1) is 11.3 Å². The van der Waals surface area contributed by atoms with E-state index in [9.17, 15) is 4.79 Å². The fourth-order valence-electron chi connectivity index (χ4n) is 3.65. The Bertz CT molecular complexity index is 932. The van der Waals surface area contributed by atoms with Gasteiger partial charge in [0.2, 0.25) is 0 Å². The number of hydrogen-bond donors (Lipinski definition) is 1. The second kappa shape index (κ2) is 9.11. The lowest BCUT2D eigenvalue weighted by Gasteiger charge is -2.15. The molecule has 28 heavy (non-hydrogen) atoms. The predicted molar refractivity (Wildman–Crippen MR) is 117 cm³/mol. The fourth-order valence-corrected chi connectivity index (χ4v) is 5.34. The zero-order chi connectivity index (χ0) is 19.3. The van der Waals surface area contributed by atoms with E-state index in [1.165, 1.54) is 12.8 Å². The fraction of sp³-hybridized carbons (Fsp3) is 0.381. The van der Waals surface area contributed by atoms with Gasteiger partial charge in [0.15, 0.2) is 0 Å². The molecule has 3 aromatic rings. The van der Waals surface area contributed by atoms with Crippen molar-refractivity contribution in [3.8, 4) is 5.75 Å². The van der Waals surface area contributed by atoms with Gasteiger partial charge in [0.05, 0.1) is 21.2 Å². The highest BCUT2D eigenvalue weighted by molar-refractivity contribution is 9.10. The van der Waals surface area contributed by atoms with Gasteiger partial charge in [-0.1, -0.05) is 18.2 Å². The Morgan fingerprint density at radius 1 is 1.18 bits per heavy atom. The average Bonchev–Trinajstić information content (AvgIpc) is 3.42. The molecule has 0 aliphatic carbocycles. The van der Waals surface area contributed by atoms with Crippen molar-refractivity contribution in [2.75, 3.05) is 32.8 Å². The van der Waals surface area contributed by atoms with Crippen LogP contribution in [0.3, 0.4) is 0 Å². The van der Waals surface area contributed by atoms with E-state index in [1.807, 2.05) is 36.4 Å². The Morgan fingerprint density at radius 3 is 2.75 bits per heavy atom. The molecule has 0 radical (unpaired) electrons. The molecule has 4 rings (SSSR count). The van der Waals surface area contributed by atoms with Gasteiger partial charge in [-0.2, -0.15) is 0 Å². The molecular formula is C21H24BrN3O2S. The third-order valence-electron chi connectivity index (χ3n) is 5.05. The Morgan fingerprint density at radius 2 is 1.96 bits per heavy atom. The van der Waals surface area contributed by atoms with E-state index in [0.717, 1.165) is 40.1 Å². The largest absolute Gasteiger partial charge is 0.492 e. The van der Waals surface area contributed by atoms with Gasteiger partial charge in [-0.25, -0.2) is 0 Å². The van der Waals surface area contributed by atoms with Gasteiger partial charge >= 0.3 is 0 Å². The number of amides is 1. The van der Waals surface area contributed by atoms with Crippen LogP contribution in [0.4, 0.5) is 0 Å². The molecule has 1 aliphatic rings. The van der Waals surface area contributed by atoms with Gasteiger partial charge in [0.25, 0.3) is 5.91 Å². The molecule has 1 aliphatic heterocycles. The van der Waals surface area contributed by atoms with E-state index in [-0.39, 0.29) is 5.91 Å². The first-order valence-electron chi connectivity index (χ1n) is 9.67. The highest BCUT2D eigenvalue weighted by Gasteiger charge is 2.19. The van der Waals surface area contributed by atoms with Crippen LogP contribution in [-0.2, 0) is 6.54 Å². The topological polar surface area (TPSA) is 46.5 Å². The zero-order valence-electron chi connectivity index (χ0n) is 15.7. The predicted octanol–water partition coefficient (Wildman–Crippen LogP) is 4.37. The van der Waals surface area contributed by atoms with Crippen LogP contribution in [0.5, 0.6) is 5.75 Å². The molecule has 0 spiro atoms. The van der Waals surface area contributed by atoms with Crippen molar-refractivity contribution in [1.82, 2.24) is 14.8 Å². The molecule has 0 bridgehead atoms. The van der Waals surface area contributed by atoms with E-state index >= 15 is 0 Å². The van der Waals surface area contributed by atoms with Crippen LogP contribution in [0.15, 0.2) is 46.3 Å². The van der Waals surface area contributed by atoms with Crippen molar-refractivity contribution in [2.45, 2.75) is 19.4 Å². The van der Waals surface area contributed by atoms with E-state index in [2.05, 4.69) is 36.1 Å². The molecule has 1 amide bonds. The van der Waals surface area contributed by atoms with Gasteiger partial charge in [0, 0.05) is 18.5 Å². The maximum Gasteiger partial charge on any atom is 0.268 e. The molecule has 0 unspecified atom stereocenters. The van der Waals surface area contributed by atoms with Gasteiger partial charge in [0.1, 0.15) is 18.1 Å². The zero-order valence-corrected chi connectivity index (χ0v) is 18.1. The van der Waals surface area contributed by atoms with Crippen LogP contribution in [-0.4, -0.2) is 48.2 Å². The molecule has 7 heteroatoms. The maximum absolute atomic E-state index is 12.8. The molecule has 1 aromatic carbocycles. The molecule has 1 saturated heterocycles. The summed E-state index contributed by atoms with van der Waals surface area (Å²) in [4.78, 5) is 15.3. The standard InChI is InChI=1S/C21H24BrN3O2S/c22-17-15-28-19-14-18(21(26)23-8-11-24-9-4-5-10-24)25(20(17)19)12-13-27-16-6-2-1-3-7-16/h1-3,6-7,14-15H,4-5,8-13H2,(H,23,26). The van der Waals surface area contributed by atoms with Crippen LogP contribution in [0.2, 0.25) is 0 Å². The van der Waals surface area contributed by atoms with Gasteiger partial charge in [-0.3, -0.25) is 4.79 Å². The van der Waals surface area contributed by atoms with E-state index in [0.29, 0.717) is 25.4 Å². The summed E-state index contributed by atoms with van der Waals surface area (Å²) in [6.07, 6.45) is 2.53. The van der Waals surface area contributed by atoms with E-state index < -0.39 is 0 Å². The molecule has 148 valence electrons. The Kier molecular flexibility index (Phi) is 6.34. The molecule has 1 fully saturated rings. The summed E-state index contributed by atoms with van der Waals surface area (Å²) in [6, 6.07) is 11.7. The first-order chi connectivity index (χ1) is 13.7. The van der Waals surface area contributed by atoms with Crippen molar-refractivity contribution in [1.29, 1.82) is 0 Å². The summed E-state index contributed by atoms with van der Waals surface area (Å²) in [5, 5.41) is 5.16. The summed E-state index contributed by atoms with van der Waals surface area (Å²) >= 11 is 5.27. The molecule has 3 heterocycles. The first kappa shape index (κ1) is 19.5. The summed E-state index contributed by atoms with van der Waals surface area (Å²) in [6.45, 7) is 5.01. The summed E-state index contributed by atoms with van der Waals surface area (Å²) in [7, 11) is 0. The number of para-hydroxylation sites is 1. The number of hydrogen-bond acceptors (Lipinski definition) is 4. The molecular weight excluding hydrogens is 438 g/mol. The van der Waals surface area contributed by atoms with E-state index in [1.54, 1.807) is 11.3 Å². The van der Waals surface area contributed by atoms with Crippen LogP contribution in [0.25, 0.3) is 10.2 Å². The number of fused-ring (bicyclic) bond motifs is 1. The molecule has 2 aromatic heterocycles. The van der Waals surface area contributed by atoms with Crippen molar-refractivity contribution >= 4 is 43.4 Å². The lowest BCUT2D eigenvalue weighted by atomic mass is 10.3. The van der Waals surface area contributed by atoms with Crippen LogP contribution >= 0.6 is 27.3 Å². The second-order valence-corrected chi connectivity index (χ2v) is 8.71. The minimum atomic E-state index is -0.0193. The highest BCUT2D eigenvalue weighted by Crippen LogP contribution is 2.33. The number of rotatable bonds is 8. The third kappa shape index (κ3) is 4.42. The molecule has 1 N–H and O–H groups in total. The molecule has 0 atom stereocenters. The molecule has 0 saturated carbocycles.